The van der Waals surface area contributed by atoms with Crippen molar-refractivity contribution in [1.82, 2.24) is 4.98 Å². The Balaban J connectivity index is 2.01. The van der Waals surface area contributed by atoms with Crippen LogP contribution in [0.15, 0.2) is 54.7 Å². The van der Waals surface area contributed by atoms with Crippen molar-refractivity contribution in [3.05, 3.63) is 71.7 Å². The average molecular weight is 281 g/mol. The first-order valence-corrected chi connectivity index (χ1v) is 6.42. The van der Waals surface area contributed by atoms with Crippen LogP contribution in [0.1, 0.15) is 15.9 Å². The van der Waals surface area contributed by atoms with Crippen molar-refractivity contribution >= 4 is 16.7 Å². The minimum Gasteiger partial charge on any atom is -0.494 e. The summed E-state index contributed by atoms with van der Waals surface area (Å²) in [6.07, 6.45) is 1.51. The van der Waals surface area contributed by atoms with Crippen molar-refractivity contribution in [1.29, 1.82) is 0 Å². The van der Waals surface area contributed by atoms with Crippen LogP contribution in [0.5, 0.6) is 5.75 Å². The maximum absolute atomic E-state index is 13.7. The molecule has 21 heavy (non-hydrogen) atoms. The van der Waals surface area contributed by atoms with E-state index in [1.807, 2.05) is 24.3 Å². The first kappa shape index (κ1) is 13.2. The minimum atomic E-state index is -0.558. The second kappa shape index (κ2) is 5.32. The molecule has 1 heterocycles. The van der Waals surface area contributed by atoms with Crippen LogP contribution in [0, 0.1) is 5.82 Å². The molecule has 0 saturated carbocycles. The number of benzene rings is 2. The van der Waals surface area contributed by atoms with Gasteiger partial charge >= 0.3 is 0 Å². The fourth-order valence-electron chi connectivity index (χ4n) is 2.17. The van der Waals surface area contributed by atoms with Gasteiger partial charge in [0.15, 0.2) is 17.3 Å². The molecule has 0 aliphatic carbocycles. The molecule has 1 aromatic heterocycles. The highest BCUT2D eigenvalue weighted by Gasteiger charge is 2.13. The van der Waals surface area contributed by atoms with Gasteiger partial charge in [-0.2, -0.15) is 0 Å². The first-order valence-electron chi connectivity index (χ1n) is 6.42. The van der Waals surface area contributed by atoms with Gasteiger partial charge in [-0.05, 0) is 30.3 Å². The van der Waals surface area contributed by atoms with Gasteiger partial charge in [0.1, 0.15) is 0 Å². The van der Waals surface area contributed by atoms with E-state index in [0.717, 1.165) is 10.9 Å². The number of methoxy groups -OCH3 is 1. The maximum atomic E-state index is 13.7. The molecule has 0 amide bonds. The van der Waals surface area contributed by atoms with Crippen LogP contribution >= 0.6 is 0 Å². The number of ketones is 1. The SMILES string of the molecule is COc1ccc(C(=O)c2cnc3ccccc3c2)cc1F. The number of hydrogen-bond acceptors (Lipinski definition) is 3. The van der Waals surface area contributed by atoms with Gasteiger partial charge in [-0.3, -0.25) is 9.78 Å². The molecule has 3 aromatic rings. The zero-order valence-electron chi connectivity index (χ0n) is 11.3. The third-order valence-corrected chi connectivity index (χ3v) is 3.27. The zero-order valence-corrected chi connectivity index (χ0v) is 11.3. The van der Waals surface area contributed by atoms with Crippen LogP contribution in [-0.2, 0) is 0 Å². The molecule has 0 unspecified atom stereocenters. The number of hydrogen-bond donors (Lipinski definition) is 0. The van der Waals surface area contributed by atoms with Crippen LogP contribution in [-0.4, -0.2) is 17.9 Å². The van der Waals surface area contributed by atoms with Crippen molar-refractivity contribution in [3.8, 4) is 5.75 Å². The molecule has 0 fully saturated rings. The van der Waals surface area contributed by atoms with Crippen molar-refractivity contribution in [2.45, 2.75) is 0 Å². The number of fused-ring (bicyclic) bond motifs is 1. The van der Waals surface area contributed by atoms with Crippen molar-refractivity contribution in [2.75, 3.05) is 7.11 Å². The van der Waals surface area contributed by atoms with Crippen LogP contribution in [0.2, 0.25) is 0 Å². The normalized spacial score (nSPS) is 10.6. The number of nitrogens with zero attached hydrogens (tertiary/aromatic N) is 1. The monoisotopic (exact) mass is 281 g/mol. The third-order valence-electron chi connectivity index (χ3n) is 3.27. The summed E-state index contributed by atoms with van der Waals surface area (Å²) in [6.45, 7) is 0. The molecule has 0 aliphatic heterocycles. The van der Waals surface area contributed by atoms with E-state index in [1.54, 1.807) is 12.1 Å². The fourth-order valence-corrected chi connectivity index (χ4v) is 2.17. The zero-order chi connectivity index (χ0) is 14.8. The van der Waals surface area contributed by atoms with Gasteiger partial charge in [0.05, 0.1) is 12.6 Å². The summed E-state index contributed by atoms with van der Waals surface area (Å²) in [5.41, 5.74) is 1.51. The highest BCUT2D eigenvalue weighted by molar-refractivity contribution is 6.10. The minimum absolute atomic E-state index is 0.114. The van der Waals surface area contributed by atoms with Gasteiger partial charge in [0, 0.05) is 22.7 Å². The van der Waals surface area contributed by atoms with Gasteiger partial charge in [-0.15, -0.1) is 0 Å². The second-order valence-corrected chi connectivity index (χ2v) is 4.60. The molecule has 3 nitrogen and oxygen atoms in total. The predicted molar refractivity (Wildman–Crippen MR) is 78.1 cm³/mol. The number of ether oxygens (including phenoxy) is 1. The average Bonchev–Trinajstić information content (AvgIpc) is 2.53. The Morgan fingerprint density at radius 1 is 1.10 bits per heavy atom. The third kappa shape index (κ3) is 2.48. The van der Waals surface area contributed by atoms with Gasteiger partial charge in [-0.25, -0.2) is 4.39 Å². The molecule has 3 rings (SSSR count). The predicted octanol–water partition coefficient (Wildman–Crippen LogP) is 3.61. The van der Waals surface area contributed by atoms with E-state index in [0.29, 0.717) is 5.56 Å². The molecule has 0 atom stereocenters. The van der Waals surface area contributed by atoms with Gasteiger partial charge < -0.3 is 4.74 Å². The van der Waals surface area contributed by atoms with Gasteiger partial charge in [0.25, 0.3) is 0 Å². The Hall–Kier alpha value is -2.75. The van der Waals surface area contributed by atoms with E-state index < -0.39 is 5.82 Å². The van der Waals surface area contributed by atoms with Crippen LogP contribution in [0.4, 0.5) is 4.39 Å². The molecule has 0 radical (unpaired) electrons. The summed E-state index contributed by atoms with van der Waals surface area (Å²) in [5.74, 6) is -0.713. The standard InChI is InChI=1S/C17H12FNO2/c1-21-16-7-6-12(9-14(16)18)17(20)13-8-11-4-2-3-5-15(11)19-10-13/h2-10H,1H3. The molecule has 104 valence electrons. The number of pyridine rings is 1. The van der Waals surface area contributed by atoms with Gasteiger partial charge in [-0.1, -0.05) is 18.2 Å². The number of aromatic nitrogens is 1. The van der Waals surface area contributed by atoms with Crippen LogP contribution in [0.25, 0.3) is 10.9 Å². The number of carbonyl (C=O) groups excluding carboxylic acids is 1. The first-order chi connectivity index (χ1) is 10.2. The van der Waals surface area contributed by atoms with Crippen LogP contribution in [0.3, 0.4) is 0 Å². The lowest BCUT2D eigenvalue weighted by molar-refractivity contribution is 0.103. The summed E-state index contributed by atoms with van der Waals surface area (Å²) in [4.78, 5) is 16.6. The Morgan fingerprint density at radius 3 is 2.67 bits per heavy atom. The summed E-state index contributed by atoms with van der Waals surface area (Å²) in [6, 6.07) is 13.4. The maximum Gasteiger partial charge on any atom is 0.194 e. The van der Waals surface area contributed by atoms with E-state index in [2.05, 4.69) is 4.98 Å². The Morgan fingerprint density at radius 2 is 1.90 bits per heavy atom. The lowest BCUT2D eigenvalue weighted by atomic mass is 10.0. The molecule has 0 saturated heterocycles. The van der Waals surface area contributed by atoms with Gasteiger partial charge in [0.2, 0.25) is 0 Å². The summed E-state index contributed by atoms with van der Waals surface area (Å²) >= 11 is 0. The fraction of sp³-hybridized carbons (Fsp3) is 0.0588. The molecule has 0 spiro atoms. The quantitative estimate of drug-likeness (QED) is 0.688. The topological polar surface area (TPSA) is 39.2 Å². The number of halogens is 1. The molecule has 0 aliphatic rings. The van der Waals surface area contributed by atoms with E-state index >= 15 is 0 Å². The van der Waals surface area contributed by atoms with Crippen molar-refractivity contribution in [2.24, 2.45) is 0 Å². The molecule has 0 bridgehead atoms. The smallest absolute Gasteiger partial charge is 0.194 e. The summed E-state index contributed by atoms with van der Waals surface area (Å²) in [7, 11) is 1.38. The van der Waals surface area contributed by atoms with E-state index in [4.69, 9.17) is 4.74 Å². The molecule has 0 N–H and O–H groups in total. The van der Waals surface area contributed by atoms with E-state index in [9.17, 15) is 9.18 Å². The second-order valence-electron chi connectivity index (χ2n) is 4.60. The molecule has 4 heteroatoms. The lowest BCUT2D eigenvalue weighted by Gasteiger charge is -2.05. The largest absolute Gasteiger partial charge is 0.494 e. The van der Waals surface area contributed by atoms with Crippen molar-refractivity contribution < 1.29 is 13.9 Å². The lowest BCUT2D eigenvalue weighted by Crippen LogP contribution is -2.03. The summed E-state index contributed by atoms with van der Waals surface area (Å²) in [5, 5.41) is 0.873. The highest BCUT2D eigenvalue weighted by Crippen LogP contribution is 2.21. The van der Waals surface area contributed by atoms with Crippen LogP contribution < -0.4 is 4.74 Å². The Bertz CT molecular complexity index is 830. The summed E-state index contributed by atoms with van der Waals surface area (Å²) < 4.78 is 18.5. The molecule has 2 aromatic carbocycles. The number of rotatable bonds is 3. The van der Waals surface area contributed by atoms with Crippen molar-refractivity contribution in [3.63, 3.8) is 0 Å². The molecular weight excluding hydrogens is 269 g/mol. The van der Waals surface area contributed by atoms with E-state index in [-0.39, 0.29) is 17.1 Å². The highest BCUT2D eigenvalue weighted by atomic mass is 19.1. The molecular formula is C17H12FNO2. The Labute approximate surface area is 121 Å². The number of para-hydroxylation sites is 1. The Kier molecular flexibility index (Phi) is 3.36. The van der Waals surface area contributed by atoms with E-state index in [1.165, 1.54) is 25.4 Å². The number of carbonyl (C=O) groups is 1.